The fourth-order valence-electron chi connectivity index (χ4n) is 5.77. The Morgan fingerprint density at radius 3 is 2.69 bits per heavy atom. The zero-order valence-electron chi connectivity index (χ0n) is 21.6. The van der Waals surface area contributed by atoms with E-state index in [-0.39, 0.29) is 5.56 Å². The van der Waals surface area contributed by atoms with E-state index < -0.39 is 16.0 Å². The Bertz CT molecular complexity index is 1760. The second kappa shape index (κ2) is 10.0. The van der Waals surface area contributed by atoms with E-state index in [0.717, 1.165) is 48.1 Å². The molecule has 3 aromatic carbocycles. The van der Waals surface area contributed by atoms with Crippen LogP contribution in [0, 0.1) is 17.8 Å². The first kappa shape index (κ1) is 25.4. The van der Waals surface area contributed by atoms with Crippen LogP contribution in [0.2, 0.25) is 0 Å². The maximum absolute atomic E-state index is 12.1. The average molecular weight is 540 g/mol. The van der Waals surface area contributed by atoms with Crippen LogP contribution in [0.4, 0.5) is 0 Å². The van der Waals surface area contributed by atoms with Crippen LogP contribution in [0.5, 0.6) is 0 Å². The van der Waals surface area contributed by atoms with Crippen LogP contribution >= 0.6 is 0 Å². The number of benzene rings is 3. The molecule has 6 rings (SSSR count). The van der Waals surface area contributed by atoms with Gasteiger partial charge in [-0.15, -0.1) is 0 Å². The molecule has 2 aliphatic heterocycles. The molecule has 0 spiro atoms. The summed E-state index contributed by atoms with van der Waals surface area (Å²) in [6.07, 6.45) is 4.04. The lowest BCUT2D eigenvalue weighted by Gasteiger charge is -2.20. The second-order valence-electron chi connectivity index (χ2n) is 10.5. The predicted octanol–water partition coefficient (Wildman–Crippen LogP) is 4.53. The number of carboxylic acids is 1. The van der Waals surface area contributed by atoms with Gasteiger partial charge in [0, 0.05) is 61.1 Å². The van der Waals surface area contributed by atoms with Crippen LogP contribution in [0.15, 0.2) is 66.9 Å². The summed E-state index contributed by atoms with van der Waals surface area (Å²) < 4.78 is 25.3. The van der Waals surface area contributed by atoms with Crippen molar-refractivity contribution in [3.8, 4) is 23.0 Å². The molecular weight excluding hydrogens is 510 g/mol. The lowest BCUT2D eigenvalue weighted by molar-refractivity contribution is 0.0697. The van der Waals surface area contributed by atoms with Gasteiger partial charge in [-0.2, -0.15) is 0 Å². The van der Waals surface area contributed by atoms with Gasteiger partial charge in [0.25, 0.3) is 0 Å². The normalized spacial score (nSPS) is 17.7. The summed E-state index contributed by atoms with van der Waals surface area (Å²) in [5.41, 5.74) is 6.63. The molecule has 0 saturated carbocycles. The standard InChI is InChI=1S/C31H29N3O4S/c1-39(37,38)34-14-12-22(18-34)17-33-19-26-8-6-21(15-27(26)20-33)5-7-24-3-2-4-28(31(35)36)30(24)25-10-9-23-11-13-32-29(23)16-25/h2-4,6,8-11,13,15-16,22,32H,12,14,17-20H2,1H3,(H,35,36). The fraction of sp³-hybridized carbons (Fsp3) is 0.258. The van der Waals surface area contributed by atoms with E-state index in [4.69, 9.17) is 0 Å². The third kappa shape index (κ3) is 5.21. The van der Waals surface area contributed by atoms with Crippen molar-refractivity contribution in [3.63, 3.8) is 0 Å². The molecule has 1 atom stereocenters. The highest BCUT2D eigenvalue weighted by Gasteiger charge is 2.31. The minimum atomic E-state index is -3.13. The van der Waals surface area contributed by atoms with Crippen molar-refractivity contribution >= 4 is 26.9 Å². The SMILES string of the molecule is CS(=O)(=O)N1CCC(CN2Cc3ccc(C#Cc4cccc(C(=O)O)c4-c4ccc5cc[nH]c5c4)cc3C2)C1. The number of aromatic amines is 1. The highest BCUT2D eigenvalue weighted by molar-refractivity contribution is 7.88. The van der Waals surface area contributed by atoms with E-state index in [1.807, 2.05) is 42.6 Å². The first-order valence-electron chi connectivity index (χ1n) is 13.0. The maximum Gasteiger partial charge on any atom is 0.336 e. The van der Waals surface area contributed by atoms with Gasteiger partial charge < -0.3 is 10.1 Å². The Morgan fingerprint density at radius 1 is 1.05 bits per heavy atom. The van der Waals surface area contributed by atoms with Crippen LogP contribution in [-0.2, 0) is 23.1 Å². The molecule has 2 aliphatic rings. The molecule has 198 valence electrons. The van der Waals surface area contributed by atoms with Crippen molar-refractivity contribution < 1.29 is 18.3 Å². The number of hydrogen-bond acceptors (Lipinski definition) is 4. The number of rotatable bonds is 5. The van der Waals surface area contributed by atoms with Gasteiger partial charge in [0.1, 0.15) is 0 Å². The smallest absolute Gasteiger partial charge is 0.336 e. The lowest BCUT2D eigenvalue weighted by Crippen LogP contribution is -2.30. The third-order valence-electron chi connectivity index (χ3n) is 7.71. The Kier molecular flexibility index (Phi) is 6.51. The Labute approximate surface area is 228 Å². The Balaban J connectivity index is 1.24. The number of aromatic carboxylic acids is 1. The lowest BCUT2D eigenvalue weighted by atomic mass is 9.93. The number of carboxylic acid groups (broad SMARTS) is 1. The van der Waals surface area contributed by atoms with Gasteiger partial charge in [-0.1, -0.05) is 36.1 Å². The molecular formula is C31H29N3O4S. The van der Waals surface area contributed by atoms with Crippen LogP contribution < -0.4 is 0 Å². The molecule has 0 aliphatic carbocycles. The van der Waals surface area contributed by atoms with Crippen molar-refractivity contribution in [2.45, 2.75) is 19.5 Å². The van der Waals surface area contributed by atoms with E-state index in [1.165, 1.54) is 17.4 Å². The number of fused-ring (bicyclic) bond motifs is 2. The average Bonchev–Trinajstić information content (AvgIpc) is 3.65. The zero-order chi connectivity index (χ0) is 27.1. The highest BCUT2D eigenvalue weighted by atomic mass is 32.2. The summed E-state index contributed by atoms with van der Waals surface area (Å²) in [7, 11) is -3.13. The molecule has 0 radical (unpaired) electrons. The first-order valence-corrected chi connectivity index (χ1v) is 14.8. The molecule has 2 N–H and O–H groups in total. The van der Waals surface area contributed by atoms with Gasteiger partial charge >= 0.3 is 5.97 Å². The third-order valence-corrected chi connectivity index (χ3v) is 8.98. The predicted molar refractivity (Wildman–Crippen MR) is 152 cm³/mol. The van der Waals surface area contributed by atoms with E-state index >= 15 is 0 Å². The molecule has 1 fully saturated rings. The fourth-order valence-corrected chi connectivity index (χ4v) is 6.69. The number of sulfonamides is 1. The number of hydrogen-bond donors (Lipinski definition) is 2. The highest BCUT2D eigenvalue weighted by Crippen LogP contribution is 2.31. The quantitative estimate of drug-likeness (QED) is 0.364. The van der Waals surface area contributed by atoms with Gasteiger partial charge in [-0.25, -0.2) is 17.5 Å². The molecule has 7 nitrogen and oxygen atoms in total. The molecule has 1 saturated heterocycles. The molecule has 1 aromatic heterocycles. The molecule has 4 aromatic rings. The van der Waals surface area contributed by atoms with E-state index in [0.29, 0.717) is 30.1 Å². The largest absolute Gasteiger partial charge is 0.478 e. The zero-order valence-corrected chi connectivity index (χ0v) is 22.5. The molecule has 39 heavy (non-hydrogen) atoms. The van der Waals surface area contributed by atoms with Crippen molar-refractivity contribution in [2.24, 2.45) is 5.92 Å². The van der Waals surface area contributed by atoms with Crippen LogP contribution in [0.25, 0.3) is 22.0 Å². The van der Waals surface area contributed by atoms with Crippen molar-refractivity contribution in [1.82, 2.24) is 14.2 Å². The first-order chi connectivity index (χ1) is 18.7. The summed E-state index contributed by atoms with van der Waals surface area (Å²) in [4.78, 5) is 17.7. The monoisotopic (exact) mass is 539 g/mol. The summed E-state index contributed by atoms with van der Waals surface area (Å²) in [5, 5.41) is 11.0. The van der Waals surface area contributed by atoms with E-state index in [9.17, 15) is 18.3 Å². The molecule has 0 amide bonds. The summed E-state index contributed by atoms with van der Waals surface area (Å²) >= 11 is 0. The van der Waals surface area contributed by atoms with Crippen molar-refractivity contribution in [1.29, 1.82) is 0 Å². The Morgan fingerprint density at radius 2 is 1.90 bits per heavy atom. The molecule has 3 heterocycles. The minimum absolute atomic E-state index is 0.221. The topological polar surface area (TPSA) is 93.7 Å². The van der Waals surface area contributed by atoms with Gasteiger partial charge in [0.05, 0.1) is 11.8 Å². The van der Waals surface area contributed by atoms with E-state index in [2.05, 4.69) is 33.9 Å². The van der Waals surface area contributed by atoms with Crippen LogP contribution in [0.1, 0.15) is 39.0 Å². The number of nitrogens with one attached hydrogen (secondary N) is 1. The number of H-pyrrole nitrogens is 1. The Hall–Kier alpha value is -3.90. The molecule has 1 unspecified atom stereocenters. The van der Waals surface area contributed by atoms with E-state index in [1.54, 1.807) is 16.4 Å². The summed E-state index contributed by atoms with van der Waals surface area (Å²) in [6, 6.07) is 19.3. The van der Waals surface area contributed by atoms with Crippen molar-refractivity contribution in [2.75, 3.05) is 25.9 Å². The van der Waals surface area contributed by atoms with Gasteiger partial charge in [-0.3, -0.25) is 4.90 Å². The minimum Gasteiger partial charge on any atom is -0.478 e. The van der Waals surface area contributed by atoms with Gasteiger partial charge in [-0.05, 0) is 70.8 Å². The summed E-state index contributed by atoms with van der Waals surface area (Å²) in [6.45, 7) is 3.74. The van der Waals surface area contributed by atoms with Crippen molar-refractivity contribution in [3.05, 3.63) is 94.7 Å². The number of carbonyl (C=O) groups is 1. The van der Waals surface area contributed by atoms with Gasteiger partial charge in [0.15, 0.2) is 0 Å². The van der Waals surface area contributed by atoms with Crippen LogP contribution in [0.3, 0.4) is 0 Å². The molecule has 0 bridgehead atoms. The maximum atomic E-state index is 12.1. The summed E-state index contributed by atoms with van der Waals surface area (Å²) in [5.74, 6) is 5.87. The number of aromatic nitrogens is 1. The number of nitrogens with zero attached hydrogens (tertiary/aromatic N) is 2. The molecule has 8 heteroatoms. The van der Waals surface area contributed by atoms with Crippen LogP contribution in [-0.4, -0.2) is 59.6 Å². The van der Waals surface area contributed by atoms with Gasteiger partial charge in [0.2, 0.25) is 10.0 Å². The second-order valence-corrected chi connectivity index (χ2v) is 12.5.